The smallest absolute Gasteiger partial charge is 0.305 e. The highest BCUT2D eigenvalue weighted by molar-refractivity contribution is 7.87. The van der Waals surface area contributed by atoms with Crippen LogP contribution in [-0.2, 0) is 29.3 Å². The van der Waals surface area contributed by atoms with Gasteiger partial charge in [-0.2, -0.15) is 8.42 Å². The summed E-state index contributed by atoms with van der Waals surface area (Å²) in [7, 11) is -1.38. The summed E-state index contributed by atoms with van der Waals surface area (Å²) in [5.41, 5.74) is 3.83. The van der Waals surface area contributed by atoms with Crippen molar-refractivity contribution in [2.75, 3.05) is 20.2 Å². The summed E-state index contributed by atoms with van der Waals surface area (Å²) in [4.78, 5) is 0. The second-order valence-electron chi connectivity index (χ2n) is 9.21. The number of aliphatic hydroxyl groups excluding tert-OH is 1. The Labute approximate surface area is 188 Å². The number of hydrogen-bond donors (Lipinski definition) is 1. The zero-order valence-electron chi connectivity index (χ0n) is 18.7. The van der Waals surface area contributed by atoms with Crippen LogP contribution in [0.25, 0.3) is 0 Å². The average molecular weight is 471 g/mol. The van der Waals surface area contributed by atoms with Crippen LogP contribution in [0.15, 0.2) is 53.6 Å². The molecular formula is C24H31F3NO3S+. The summed E-state index contributed by atoms with van der Waals surface area (Å²) in [5.74, 6) is 0. The molecule has 0 aromatic heterocycles. The number of aliphatic hydroxyl groups is 1. The number of hydrogen-bond acceptors (Lipinski definition) is 3. The zero-order valence-corrected chi connectivity index (χ0v) is 19.5. The molecule has 1 saturated heterocycles. The molecule has 4 atom stereocenters. The molecule has 176 valence electrons. The standard InChI is InChI=1S/C24H31F3NO3S/c1-15(8-21(9-16(2)14-29)23(25)24(26)27)7-18-5-6-19-11-22(12-20(19)10-18)28(4)13-17(3)32(28,30)31/h5-6,8-10,17,22-24,29H,2,7,11-14H2,1,3-4H3/q+1/b15-8+,21-9+/t17?,22-,23?,28?/m0/s1. The largest absolute Gasteiger partial charge is 0.392 e. The van der Waals surface area contributed by atoms with E-state index in [2.05, 4.69) is 6.58 Å². The Morgan fingerprint density at radius 2 is 1.91 bits per heavy atom. The number of quaternary nitrogens is 1. The number of rotatable bonds is 8. The summed E-state index contributed by atoms with van der Waals surface area (Å²) in [6, 6.07) is 5.98. The normalized spacial score (nSPS) is 28.4. The van der Waals surface area contributed by atoms with E-state index in [1.54, 1.807) is 20.9 Å². The van der Waals surface area contributed by atoms with Crippen molar-refractivity contribution in [2.24, 2.45) is 0 Å². The second kappa shape index (κ2) is 9.15. The molecule has 1 aromatic rings. The highest BCUT2D eigenvalue weighted by Gasteiger charge is 2.59. The molecule has 3 unspecified atom stereocenters. The van der Waals surface area contributed by atoms with Crippen LogP contribution >= 0.6 is 0 Å². The Bertz CT molecular complexity index is 1060. The summed E-state index contributed by atoms with van der Waals surface area (Å²) < 4.78 is 65.1. The minimum absolute atomic E-state index is 0.00421. The van der Waals surface area contributed by atoms with Crippen molar-refractivity contribution >= 4 is 10.0 Å². The summed E-state index contributed by atoms with van der Waals surface area (Å²) >= 11 is 0. The van der Waals surface area contributed by atoms with Gasteiger partial charge in [-0.15, -0.1) is 0 Å². The molecule has 3 rings (SSSR count). The van der Waals surface area contributed by atoms with Crippen LogP contribution in [0.5, 0.6) is 0 Å². The van der Waals surface area contributed by atoms with E-state index in [-0.39, 0.29) is 26.3 Å². The fourth-order valence-corrected chi connectivity index (χ4v) is 6.88. The number of alkyl halides is 3. The molecule has 0 amide bonds. The lowest BCUT2D eigenvalue weighted by molar-refractivity contribution is -0.830. The third kappa shape index (κ3) is 4.58. The maximum absolute atomic E-state index is 14.0. The molecule has 1 fully saturated rings. The van der Waals surface area contributed by atoms with Gasteiger partial charge in [0.05, 0.1) is 13.7 Å². The van der Waals surface area contributed by atoms with Gasteiger partial charge in [0.25, 0.3) is 6.43 Å². The Kier molecular flexibility index (Phi) is 7.08. The molecule has 1 aromatic carbocycles. The van der Waals surface area contributed by atoms with Gasteiger partial charge in [-0.05, 0) is 48.1 Å². The first kappa shape index (κ1) is 24.7. The molecule has 1 N–H and O–H groups in total. The lowest BCUT2D eigenvalue weighted by Gasteiger charge is -2.48. The number of allylic oxidation sites excluding steroid dienone is 3. The lowest BCUT2D eigenvalue weighted by atomic mass is 9.98. The summed E-state index contributed by atoms with van der Waals surface area (Å²) in [5, 5.41) is 8.79. The Morgan fingerprint density at radius 1 is 1.25 bits per heavy atom. The quantitative estimate of drug-likeness (QED) is 0.463. The van der Waals surface area contributed by atoms with Gasteiger partial charge in [0.15, 0.2) is 11.4 Å². The van der Waals surface area contributed by atoms with Crippen LogP contribution < -0.4 is 0 Å². The number of halogens is 3. The first-order valence-electron chi connectivity index (χ1n) is 10.7. The van der Waals surface area contributed by atoms with E-state index in [0.717, 1.165) is 22.8 Å². The Balaban J connectivity index is 1.77. The van der Waals surface area contributed by atoms with Crippen molar-refractivity contribution in [3.05, 3.63) is 70.3 Å². The summed E-state index contributed by atoms with van der Waals surface area (Å²) in [6.07, 6.45) is -1.26. The molecule has 0 saturated carbocycles. The minimum Gasteiger partial charge on any atom is -0.392 e. The van der Waals surface area contributed by atoms with Crippen LogP contribution in [0.3, 0.4) is 0 Å². The number of fused-ring (bicyclic) bond motifs is 1. The van der Waals surface area contributed by atoms with Gasteiger partial charge in [0.2, 0.25) is 0 Å². The Morgan fingerprint density at radius 3 is 2.47 bits per heavy atom. The van der Waals surface area contributed by atoms with Gasteiger partial charge in [-0.3, -0.25) is 0 Å². The van der Waals surface area contributed by atoms with Crippen molar-refractivity contribution in [1.82, 2.24) is 0 Å². The van der Waals surface area contributed by atoms with E-state index in [4.69, 9.17) is 5.11 Å². The van der Waals surface area contributed by atoms with Gasteiger partial charge in [-0.1, -0.05) is 42.5 Å². The lowest BCUT2D eigenvalue weighted by Crippen LogP contribution is -2.71. The van der Waals surface area contributed by atoms with Crippen LogP contribution in [0.2, 0.25) is 0 Å². The van der Waals surface area contributed by atoms with Crippen LogP contribution in [0.4, 0.5) is 13.2 Å². The van der Waals surface area contributed by atoms with Gasteiger partial charge in [0.1, 0.15) is 12.6 Å². The van der Waals surface area contributed by atoms with E-state index >= 15 is 0 Å². The maximum atomic E-state index is 14.0. The molecule has 0 spiro atoms. The van der Waals surface area contributed by atoms with Crippen LogP contribution in [0.1, 0.15) is 30.5 Å². The van der Waals surface area contributed by atoms with Crippen molar-refractivity contribution < 1.29 is 30.6 Å². The molecule has 2 aliphatic rings. The minimum atomic E-state index is -3.17. The van der Waals surface area contributed by atoms with Crippen molar-refractivity contribution in [3.63, 3.8) is 0 Å². The third-order valence-corrected chi connectivity index (χ3v) is 9.45. The molecule has 1 heterocycles. The SMILES string of the molecule is C=C(/C=C(\C=C(/C)Cc1ccc2c(c1)C[C@@H]([N+]1(C)CC(C)S1(=O)=O)C2)C(F)C(F)F)CO. The highest BCUT2D eigenvalue weighted by atomic mass is 32.2. The van der Waals surface area contributed by atoms with Crippen molar-refractivity contribution in [3.8, 4) is 0 Å². The van der Waals surface area contributed by atoms with E-state index in [0.29, 0.717) is 31.4 Å². The molecule has 1 aliphatic carbocycles. The average Bonchev–Trinajstić information content (AvgIpc) is 3.16. The fraction of sp³-hybridized carbons (Fsp3) is 0.500. The number of sulfonamides is 1. The highest BCUT2D eigenvalue weighted by Crippen LogP contribution is 2.39. The van der Waals surface area contributed by atoms with Crippen molar-refractivity contribution in [2.45, 2.75) is 57.0 Å². The first-order valence-corrected chi connectivity index (χ1v) is 12.2. The van der Waals surface area contributed by atoms with E-state index in [1.807, 2.05) is 18.2 Å². The topological polar surface area (TPSA) is 54.4 Å². The predicted octanol–water partition coefficient (Wildman–Crippen LogP) is 3.90. The zero-order chi connectivity index (χ0) is 23.8. The van der Waals surface area contributed by atoms with E-state index < -0.39 is 29.2 Å². The van der Waals surface area contributed by atoms with Gasteiger partial charge in [-0.25, -0.2) is 17.1 Å². The third-order valence-electron chi connectivity index (χ3n) is 6.67. The van der Waals surface area contributed by atoms with Crippen molar-refractivity contribution in [1.29, 1.82) is 0 Å². The maximum Gasteiger partial charge on any atom is 0.305 e. The molecule has 0 radical (unpaired) electrons. The summed E-state index contributed by atoms with van der Waals surface area (Å²) in [6.45, 7) is 7.20. The molecule has 32 heavy (non-hydrogen) atoms. The van der Waals surface area contributed by atoms with E-state index in [1.165, 1.54) is 6.08 Å². The molecular weight excluding hydrogens is 439 g/mol. The molecule has 1 aliphatic heterocycles. The van der Waals surface area contributed by atoms with Crippen LogP contribution in [0, 0.1) is 0 Å². The second-order valence-corrected chi connectivity index (χ2v) is 11.9. The van der Waals surface area contributed by atoms with Gasteiger partial charge in [0, 0.05) is 12.8 Å². The fourth-order valence-electron chi connectivity index (χ4n) is 4.82. The number of nitrogens with zero attached hydrogens (tertiary/aromatic N) is 1. The molecule has 0 bridgehead atoms. The van der Waals surface area contributed by atoms with Gasteiger partial charge >= 0.3 is 10.0 Å². The molecule has 4 nitrogen and oxygen atoms in total. The monoisotopic (exact) mass is 470 g/mol. The molecule has 8 heteroatoms. The predicted molar refractivity (Wildman–Crippen MR) is 120 cm³/mol. The van der Waals surface area contributed by atoms with Gasteiger partial charge < -0.3 is 5.11 Å². The number of benzene rings is 1. The Hall–Kier alpha value is -1.90. The van der Waals surface area contributed by atoms with Crippen LogP contribution in [-0.4, -0.2) is 61.5 Å². The van der Waals surface area contributed by atoms with E-state index in [9.17, 15) is 21.6 Å². The number of likely N-dealkylation sites (N-methyl/N-ethyl adjacent to an activating group) is 1. The first-order chi connectivity index (χ1) is 14.9.